The van der Waals surface area contributed by atoms with E-state index in [0.29, 0.717) is 22.2 Å². The predicted octanol–water partition coefficient (Wildman–Crippen LogP) is 1.39. The Hall–Kier alpha value is -1.68. The van der Waals surface area contributed by atoms with Crippen LogP contribution in [0.2, 0.25) is 5.02 Å². The summed E-state index contributed by atoms with van der Waals surface area (Å²) in [6.45, 7) is 0. The van der Waals surface area contributed by atoms with Gasteiger partial charge in [-0.05, 0) is 18.2 Å². The Morgan fingerprint density at radius 3 is 2.93 bits per heavy atom. The number of hydrogen-bond acceptors (Lipinski definition) is 3. The van der Waals surface area contributed by atoms with E-state index in [9.17, 15) is 9.59 Å². The minimum absolute atomic E-state index is 0.197. The van der Waals surface area contributed by atoms with Crippen molar-refractivity contribution >= 4 is 28.8 Å². The van der Waals surface area contributed by atoms with Crippen molar-refractivity contribution in [3.05, 3.63) is 39.4 Å². The fourth-order valence-electron chi connectivity index (χ4n) is 1.23. The van der Waals surface area contributed by atoms with Crippen molar-refractivity contribution in [1.29, 1.82) is 0 Å². The van der Waals surface area contributed by atoms with Crippen LogP contribution >= 0.6 is 11.6 Å². The molecule has 70 valence electrons. The molecule has 2 rings (SSSR count). The molecule has 1 aromatic heterocycles. The van der Waals surface area contributed by atoms with E-state index in [1.807, 2.05) is 0 Å². The zero-order valence-electron chi connectivity index (χ0n) is 6.95. The highest BCUT2D eigenvalue weighted by atomic mass is 35.5. The Kier molecular flexibility index (Phi) is 2.05. The number of carbonyl (C=O) groups is 1. The topological polar surface area (TPSA) is 62.8 Å². The summed E-state index contributed by atoms with van der Waals surface area (Å²) in [6.07, 6.45) is 0.571. The molecule has 0 aliphatic heterocycles. The number of aldehydes is 1. The van der Waals surface area contributed by atoms with Crippen LogP contribution in [0.3, 0.4) is 0 Å². The molecular formula is C9H5ClN2O2. The monoisotopic (exact) mass is 208 g/mol. The molecule has 0 atom stereocenters. The van der Waals surface area contributed by atoms with Crippen molar-refractivity contribution in [3.8, 4) is 0 Å². The van der Waals surface area contributed by atoms with Crippen LogP contribution in [0.15, 0.2) is 23.0 Å². The Morgan fingerprint density at radius 2 is 2.21 bits per heavy atom. The van der Waals surface area contributed by atoms with E-state index < -0.39 is 5.69 Å². The summed E-state index contributed by atoms with van der Waals surface area (Å²) in [6, 6.07) is 4.80. The summed E-state index contributed by atoms with van der Waals surface area (Å²) < 4.78 is 0. The van der Waals surface area contributed by atoms with E-state index in [0.717, 1.165) is 0 Å². The third kappa shape index (κ3) is 1.40. The highest BCUT2D eigenvalue weighted by Crippen LogP contribution is 2.17. The first kappa shape index (κ1) is 8.90. The summed E-state index contributed by atoms with van der Waals surface area (Å²) in [5.74, 6) is 0. The van der Waals surface area contributed by atoms with E-state index in [1.54, 1.807) is 18.2 Å². The molecule has 0 saturated carbocycles. The van der Waals surface area contributed by atoms with Gasteiger partial charge in [-0.15, -0.1) is 0 Å². The van der Waals surface area contributed by atoms with Gasteiger partial charge in [-0.1, -0.05) is 11.6 Å². The van der Waals surface area contributed by atoms with E-state index in [-0.39, 0.29) is 5.69 Å². The molecule has 0 spiro atoms. The smallest absolute Gasteiger partial charge is 0.302 e. The maximum Gasteiger partial charge on any atom is 0.346 e. The molecular weight excluding hydrogens is 204 g/mol. The predicted molar refractivity (Wildman–Crippen MR) is 52.8 cm³/mol. The third-order valence-corrected chi connectivity index (χ3v) is 2.07. The van der Waals surface area contributed by atoms with Crippen LogP contribution in [0.5, 0.6) is 0 Å². The summed E-state index contributed by atoms with van der Waals surface area (Å²) >= 11 is 5.75. The third-order valence-electron chi connectivity index (χ3n) is 1.83. The molecule has 0 amide bonds. The zero-order chi connectivity index (χ0) is 10.1. The molecule has 5 heteroatoms. The van der Waals surface area contributed by atoms with Crippen LogP contribution in [0.1, 0.15) is 10.5 Å². The average molecular weight is 209 g/mol. The number of H-pyrrole nitrogens is 1. The largest absolute Gasteiger partial charge is 0.346 e. The second-order valence-electron chi connectivity index (χ2n) is 2.73. The molecule has 0 saturated heterocycles. The number of carbonyl (C=O) groups excluding carboxylic acids is 1. The van der Waals surface area contributed by atoms with Gasteiger partial charge in [0.05, 0.1) is 11.2 Å². The number of aromatic amines is 1. The average Bonchev–Trinajstić information content (AvgIpc) is 2.17. The summed E-state index contributed by atoms with van der Waals surface area (Å²) in [5, 5.41) is 1.04. The van der Waals surface area contributed by atoms with Gasteiger partial charge in [0.25, 0.3) is 0 Å². The molecule has 0 aliphatic rings. The van der Waals surface area contributed by atoms with Crippen LogP contribution in [0.25, 0.3) is 10.9 Å². The van der Waals surface area contributed by atoms with Crippen LogP contribution in [-0.4, -0.2) is 16.3 Å². The second kappa shape index (κ2) is 3.23. The lowest BCUT2D eigenvalue weighted by Crippen LogP contribution is -2.12. The van der Waals surface area contributed by atoms with Crippen LogP contribution < -0.4 is 5.69 Å². The Morgan fingerprint density at radius 1 is 1.43 bits per heavy atom. The quantitative estimate of drug-likeness (QED) is 0.721. The maximum absolute atomic E-state index is 11.0. The van der Waals surface area contributed by atoms with E-state index >= 15 is 0 Å². The van der Waals surface area contributed by atoms with Gasteiger partial charge in [-0.2, -0.15) is 4.98 Å². The SMILES string of the molecule is O=Cc1[nH]c(=O)nc2ccc(Cl)cc12. The molecule has 2 aromatic rings. The number of fused-ring (bicyclic) bond motifs is 1. The fourth-order valence-corrected chi connectivity index (χ4v) is 1.41. The normalized spacial score (nSPS) is 10.4. The van der Waals surface area contributed by atoms with Crippen molar-refractivity contribution in [3.63, 3.8) is 0 Å². The van der Waals surface area contributed by atoms with E-state index in [1.165, 1.54) is 0 Å². The van der Waals surface area contributed by atoms with Gasteiger partial charge < -0.3 is 4.98 Å². The van der Waals surface area contributed by atoms with Crippen LogP contribution in [-0.2, 0) is 0 Å². The van der Waals surface area contributed by atoms with Crippen molar-refractivity contribution in [1.82, 2.24) is 9.97 Å². The number of nitrogens with one attached hydrogen (secondary N) is 1. The molecule has 0 aliphatic carbocycles. The molecule has 0 radical (unpaired) electrons. The van der Waals surface area contributed by atoms with Gasteiger partial charge in [0.1, 0.15) is 0 Å². The van der Waals surface area contributed by atoms with Crippen molar-refractivity contribution in [2.45, 2.75) is 0 Å². The minimum Gasteiger partial charge on any atom is -0.302 e. The summed E-state index contributed by atoms with van der Waals surface area (Å²) in [4.78, 5) is 27.7. The first-order chi connectivity index (χ1) is 6.70. The van der Waals surface area contributed by atoms with E-state index in [2.05, 4.69) is 9.97 Å². The lowest BCUT2D eigenvalue weighted by atomic mass is 10.2. The van der Waals surface area contributed by atoms with Gasteiger partial charge in [0.2, 0.25) is 0 Å². The lowest BCUT2D eigenvalue weighted by molar-refractivity contribution is 0.112. The molecule has 0 unspecified atom stereocenters. The molecule has 14 heavy (non-hydrogen) atoms. The van der Waals surface area contributed by atoms with Gasteiger partial charge in [0, 0.05) is 10.4 Å². The zero-order valence-corrected chi connectivity index (χ0v) is 7.71. The lowest BCUT2D eigenvalue weighted by Gasteiger charge is -1.99. The maximum atomic E-state index is 11.0. The number of halogens is 1. The summed E-state index contributed by atoms with van der Waals surface area (Å²) in [7, 11) is 0. The highest BCUT2D eigenvalue weighted by Gasteiger charge is 2.03. The number of hydrogen-bond donors (Lipinski definition) is 1. The molecule has 1 heterocycles. The van der Waals surface area contributed by atoms with Crippen molar-refractivity contribution in [2.75, 3.05) is 0 Å². The van der Waals surface area contributed by atoms with Gasteiger partial charge in [0.15, 0.2) is 6.29 Å². The van der Waals surface area contributed by atoms with Gasteiger partial charge in [-0.3, -0.25) is 4.79 Å². The number of aromatic nitrogens is 2. The Labute approximate surface area is 83.5 Å². The first-order valence-electron chi connectivity index (χ1n) is 3.85. The highest BCUT2D eigenvalue weighted by molar-refractivity contribution is 6.31. The van der Waals surface area contributed by atoms with Crippen LogP contribution in [0.4, 0.5) is 0 Å². The minimum atomic E-state index is -0.540. The number of nitrogens with zero attached hydrogens (tertiary/aromatic N) is 1. The van der Waals surface area contributed by atoms with Gasteiger partial charge >= 0.3 is 5.69 Å². The van der Waals surface area contributed by atoms with Crippen molar-refractivity contribution < 1.29 is 4.79 Å². The Bertz CT molecular complexity index is 562. The Balaban J connectivity index is 2.95. The molecule has 4 nitrogen and oxygen atoms in total. The first-order valence-corrected chi connectivity index (χ1v) is 4.23. The standard InChI is InChI=1S/C9H5ClN2O2/c10-5-1-2-7-6(3-5)8(4-13)12-9(14)11-7/h1-4H,(H,11,12,14). The number of benzene rings is 1. The fraction of sp³-hybridized carbons (Fsp3) is 0. The van der Waals surface area contributed by atoms with Crippen molar-refractivity contribution in [2.24, 2.45) is 0 Å². The molecule has 1 aromatic carbocycles. The van der Waals surface area contributed by atoms with Crippen LogP contribution in [0, 0.1) is 0 Å². The molecule has 0 bridgehead atoms. The molecule has 1 N–H and O–H groups in total. The second-order valence-corrected chi connectivity index (χ2v) is 3.17. The molecule has 0 fully saturated rings. The summed E-state index contributed by atoms with van der Waals surface area (Å²) in [5.41, 5.74) is 0.115. The number of rotatable bonds is 1. The van der Waals surface area contributed by atoms with Gasteiger partial charge in [-0.25, -0.2) is 4.79 Å². The van der Waals surface area contributed by atoms with E-state index in [4.69, 9.17) is 11.6 Å².